The molecule has 0 spiro atoms. The Balaban J connectivity index is 1.37. The predicted octanol–water partition coefficient (Wildman–Crippen LogP) is 5.80. The topological polar surface area (TPSA) is 97.1 Å². The van der Waals surface area contributed by atoms with E-state index in [1.807, 2.05) is 24.5 Å². The highest BCUT2D eigenvalue weighted by Crippen LogP contribution is 2.33. The number of hydrogen-bond donors (Lipinski definition) is 3. The van der Waals surface area contributed by atoms with E-state index in [1.165, 1.54) is 12.8 Å². The first-order valence-electron chi connectivity index (χ1n) is 13.1. The summed E-state index contributed by atoms with van der Waals surface area (Å²) < 4.78 is 7.72. The van der Waals surface area contributed by atoms with Crippen molar-refractivity contribution in [2.24, 2.45) is 0 Å². The predicted molar refractivity (Wildman–Crippen MR) is 148 cm³/mol. The zero-order chi connectivity index (χ0) is 25.8. The van der Waals surface area contributed by atoms with Crippen LogP contribution in [0.25, 0.3) is 22.3 Å². The number of nitrogens with one attached hydrogen (secondary N) is 2. The molecule has 37 heavy (non-hydrogen) atoms. The first-order valence-corrected chi connectivity index (χ1v) is 13.1. The van der Waals surface area contributed by atoms with E-state index in [9.17, 15) is 5.11 Å². The van der Waals surface area contributed by atoms with Crippen LogP contribution in [0.4, 0.5) is 11.8 Å². The number of para-hydroxylation sites is 1. The van der Waals surface area contributed by atoms with Crippen LogP contribution in [0.15, 0.2) is 54.9 Å². The van der Waals surface area contributed by atoms with E-state index in [2.05, 4.69) is 45.5 Å². The highest BCUT2D eigenvalue weighted by atomic mass is 16.5. The molecule has 1 aliphatic rings. The number of aromatic nitrogens is 4. The van der Waals surface area contributed by atoms with Gasteiger partial charge in [0, 0.05) is 24.7 Å². The van der Waals surface area contributed by atoms with Crippen LogP contribution in [0.3, 0.4) is 0 Å². The molecule has 5 rings (SSSR count). The SMILES string of the molecule is COc1ccccc1-c1ccc(CNc2nc(NCCC(C)(C)O)nc3c2ncn3C2CCCC2)cc1. The quantitative estimate of drug-likeness (QED) is 0.253. The molecule has 0 atom stereocenters. The second kappa shape index (κ2) is 10.8. The average molecular weight is 501 g/mol. The van der Waals surface area contributed by atoms with E-state index < -0.39 is 5.60 Å². The molecular weight excluding hydrogens is 464 g/mol. The summed E-state index contributed by atoms with van der Waals surface area (Å²) in [5.74, 6) is 2.12. The maximum Gasteiger partial charge on any atom is 0.226 e. The molecule has 8 nitrogen and oxygen atoms in total. The lowest BCUT2D eigenvalue weighted by Crippen LogP contribution is -2.23. The Morgan fingerprint density at radius 2 is 1.78 bits per heavy atom. The third kappa shape index (κ3) is 5.85. The summed E-state index contributed by atoms with van der Waals surface area (Å²) in [5, 5.41) is 16.9. The monoisotopic (exact) mass is 500 g/mol. The fraction of sp³-hybridized carbons (Fsp3) is 0.414. The molecule has 0 radical (unpaired) electrons. The van der Waals surface area contributed by atoms with Gasteiger partial charge in [0.25, 0.3) is 0 Å². The molecule has 3 N–H and O–H groups in total. The van der Waals surface area contributed by atoms with Gasteiger partial charge in [0.2, 0.25) is 5.95 Å². The summed E-state index contributed by atoms with van der Waals surface area (Å²) >= 11 is 0. The van der Waals surface area contributed by atoms with Crippen molar-refractivity contribution < 1.29 is 9.84 Å². The third-order valence-corrected chi connectivity index (χ3v) is 6.99. The van der Waals surface area contributed by atoms with Gasteiger partial charge in [-0.15, -0.1) is 0 Å². The Hall–Kier alpha value is -3.65. The molecule has 2 aromatic heterocycles. The van der Waals surface area contributed by atoms with Gasteiger partial charge in [-0.25, -0.2) is 4.98 Å². The molecule has 0 saturated heterocycles. The zero-order valence-corrected chi connectivity index (χ0v) is 21.9. The lowest BCUT2D eigenvalue weighted by molar-refractivity contribution is 0.0748. The fourth-order valence-electron chi connectivity index (χ4n) is 4.92. The summed E-state index contributed by atoms with van der Waals surface area (Å²) in [4.78, 5) is 14.3. The number of fused-ring (bicyclic) bond motifs is 1. The number of aliphatic hydroxyl groups is 1. The lowest BCUT2D eigenvalue weighted by Gasteiger charge is -2.17. The van der Waals surface area contributed by atoms with Gasteiger partial charge >= 0.3 is 0 Å². The van der Waals surface area contributed by atoms with Gasteiger partial charge in [-0.3, -0.25) is 0 Å². The van der Waals surface area contributed by atoms with Crippen molar-refractivity contribution >= 4 is 22.9 Å². The minimum Gasteiger partial charge on any atom is -0.496 e. The molecule has 1 aliphatic carbocycles. The largest absolute Gasteiger partial charge is 0.496 e. The number of hydrogen-bond acceptors (Lipinski definition) is 7. The van der Waals surface area contributed by atoms with Crippen molar-refractivity contribution in [1.29, 1.82) is 0 Å². The summed E-state index contributed by atoms with van der Waals surface area (Å²) in [7, 11) is 1.70. The van der Waals surface area contributed by atoms with Crippen LogP contribution in [0, 0.1) is 0 Å². The molecule has 0 amide bonds. The van der Waals surface area contributed by atoms with E-state index >= 15 is 0 Å². The Labute approximate surface area is 218 Å². The molecule has 0 aliphatic heterocycles. The van der Waals surface area contributed by atoms with Gasteiger partial charge < -0.3 is 25.0 Å². The third-order valence-electron chi connectivity index (χ3n) is 6.99. The molecule has 0 bridgehead atoms. The van der Waals surface area contributed by atoms with Gasteiger partial charge in [0.1, 0.15) is 5.75 Å². The van der Waals surface area contributed by atoms with Crippen molar-refractivity contribution in [2.45, 2.75) is 64.1 Å². The molecule has 194 valence electrons. The molecular formula is C29H36N6O2. The van der Waals surface area contributed by atoms with Crippen LogP contribution in [-0.4, -0.2) is 43.9 Å². The van der Waals surface area contributed by atoms with Crippen LogP contribution >= 0.6 is 0 Å². The fourth-order valence-corrected chi connectivity index (χ4v) is 4.92. The number of nitrogens with zero attached hydrogens (tertiary/aromatic N) is 4. The van der Waals surface area contributed by atoms with Crippen LogP contribution < -0.4 is 15.4 Å². The van der Waals surface area contributed by atoms with E-state index in [0.717, 1.165) is 46.4 Å². The van der Waals surface area contributed by atoms with Gasteiger partial charge in [-0.2, -0.15) is 9.97 Å². The van der Waals surface area contributed by atoms with Gasteiger partial charge in [0.05, 0.1) is 19.0 Å². The maximum absolute atomic E-state index is 10.1. The van der Waals surface area contributed by atoms with Crippen molar-refractivity contribution in [2.75, 3.05) is 24.3 Å². The summed E-state index contributed by atoms with van der Waals surface area (Å²) in [5.41, 5.74) is 4.20. The Morgan fingerprint density at radius 1 is 1.03 bits per heavy atom. The van der Waals surface area contributed by atoms with E-state index in [4.69, 9.17) is 19.7 Å². The van der Waals surface area contributed by atoms with E-state index in [0.29, 0.717) is 37.3 Å². The van der Waals surface area contributed by atoms with Crippen LogP contribution in [0.2, 0.25) is 0 Å². The average Bonchev–Trinajstić information content (AvgIpc) is 3.57. The molecule has 1 fully saturated rings. The minimum absolute atomic E-state index is 0.430. The Morgan fingerprint density at radius 3 is 2.51 bits per heavy atom. The highest BCUT2D eigenvalue weighted by molar-refractivity contribution is 5.84. The molecule has 8 heteroatoms. The van der Waals surface area contributed by atoms with Crippen molar-refractivity contribution in [3.05, 3.63) is 60.4 Å². The Bertz CT molecular complexity index is 1340. The smallest absolute Gasteiger partial charge is 0.226 e. The molecule has 0 unspecified atom stereocenters. The van der Waals surface area contributed by atoms with Crippen molar-refractivity contribution in [1.82, 2.24) is 19.5 Å². The molecule has 2 aromatic carbocycles. The summed E-state index contributed by atoms with van der Waals surface area (Å²) in [6.45, 7) is 4.80. The van der Waals surface area contributed by atoms with Crippen LogP contribution in [-0.2, 0) is 6.54 Å². The second-order valence-electron chi connectivity index (χ2n) is 10.4. The van der Waals surface area contributed by atoms with Crippen LogP contribution in [0.5, 0.6) is 5.75 Å². The van der Waals surface area contributed by atoms with Crippen molar-refractivity contribution in [3.8, 4) is 16.9 Å². The number of ether oxygens (including phenoxy) is 1. The number of imidazole rings is 1. The number of rotatable bonds is 10. The van der Waals surface area contributed by atoms with Crippen molar-refractivity contribution in [3.63, 3.8) is 0 Å². The van der Waals surface area contributed by atoms with Gasteiger partial charge in [0.15, 0.2) is 17.0 Å². The summed E-state index contributed by atoms with van der Waals surface area (Å²) in [6.07, 6.45) is 7.28. The highest BCUT2D eigenvalue weighted by Gasteiger charge is 2.22. The second-order valence-corrected chi connectivity index (χ2v) is 10.4. The standard InChI is InChI=1S/C29H36N6O2/c1-29(2,36)16-17-30-28-33-26(25-27(34-28)35(19-32-25)22-8-4-5-9-22)31-18-20-12-14-21(15-13-20)23-10-6-7-11-24(23)37-3/h6-7,10-15,19,22,36H,4-5,8-9,16-18H2,1-3H3,(H2,30,31,33,34). The number of methoxy groups -OCH3 is 1. The molecule has 4 aromatic rings. The zero-order valence-electron chi connectivity index (χ0n) is 21.9. The van der Waals surface area contributed by atoms with E-state index in [1.54, 1.807) is 21.0 Å². The molecule has 2 heterocycles. The Kier molecular flexibility index (Phi) is 7.28. The minimum atomic E-state index is -0.750. The van der Waals surface area contributed by atoms with Gasteiger partial charge in [-0.05, 0) is 50.3 Å². The summed E-state index contributed by atoms with van der Waals surface area (Å²) in [6, 6.07) is 16.9. The normalized spacial score (nSPS) is 14.3. The first-order chi connectivity index (χ1) is 17.9. The maximum atomic E-state index is 10.1. The first kappa shape index (κ1) is 25.0. The number of benzene rings is 2. The van der Waals surface area contributed by atoms with Crippen LogP contribution in [0.1, 0.15) is 57.6 Å². The lowest BCUT2D eigenvalue weighted by atomic mass is 10.0. The van der Waals surface area contributed by atoms with E-state index in [-0.39, 0.29) is 0 Å². The number of anilines is 2. The van der Waals surface area contributed by atoms with Gasteiger partial charge in [-0.1, -0.05) is 55.3 Å². The molecule has 1 saturated carbocycles.